The molecule has 1 aromatic rings. The van der Waals surface area contributed by atoms with Crippen molar-refractivity contribution in [2.45, 2.75) is 37.9 Å². The highest BCUT2D eigenvalue weighted by Gasteiger charge is 2.42. The lowest BCUT2D eigenvalue weighted by Gasteiger charge is -2.23. The number of hydrogen-bond donors (Lipinski definition) is 0. The Balaban J connectivity index is 2.01. The minimum Gasteiger partial charge on any atom is -0.368 e. The van der Waals surface area contributed by atoms with Crippen LogP contribution in [-0.2, 0) is 33.8 Å². The molecule has 0 spiro atoms. The summed E-state index contributed by atoms with van der Waals surface area (Å²) in [7, 11) is 0. The molecule has 0 saturated carbocycles. The van der Waals surface area contributed by atoms with Crippen LogP contribution in [0, 0.1) is 0 Å². The molecule has 0 N–H and O–H groups in total. The number of hydrogen-bond acceptors (Lipinski definition) is 6. The summed E-state index contributed by atoms with van der Waals surface area (Å²) in [5.41, 5.74) is 31.5. The summed E-state index contributed by atoms with van der Waals surface area (Å²) in [5, 5.41) is 11.2. The number of ether oxygens (including phenoxy) is 3. The van der Waals surface area contributed by atoms with Crippen molar-refractivity contribution in [2.24, 2.45) is 15.3 Å². The Morgan fingerprint density at radius 3 is 1.07 bits per heavy atom. The van der Waals surface area contributed by atoms with Crippen LogP contribution in [0.15, 0.2) is 15.3 Å². The van der Waals surface area contributed by atoms with Gasteiger partial charge in [0.25, 0.3) is 0 Å². The summed E-state index contributed by atoms with van der Waals surface area (Å²) in [5.74, 6) is 0. The highest BCUT2D eigenvalue weighted by molar-refractivity contribution is 5.57. The first kappa shape index (κ1) is 17.4. The van der Waals surface area contributed by atoms with Crippen molar-refractivity contribution in [3.63, 3.8) is 0 Å². The smallest absolute Gasteiger partial charge is 0.107 e. The molecule has 3 atom stereocenters. The second-order valence-electron chi connectivity index (χ2n) is 6.31. The third-order valence-electron chi connectivity index (χ3n) is 4.79. The molecule has 3 saturated heterocycles. The molecule has 3 aliphatic heterocycles. The molecular weight excluding hydrogens is 354 g/mol. The lowest BCUT2D eigenvalue weighted by molar-refractivity contribution is 0.399. The molecule has 0 bridgehead atoms. The normalized spacial score (nSPS) is 24.2. The molecule has 4 rings (SSSR count). The van der Waals surface area contributed by atoms with Crippen LogP contribution < -0.4 is 0 Å². The van der Waals surface area contributed by atoms with E-state index in [2.05, 4.69) is 30.1 Å². The molecular formula is C15H15N9O3. The average molecular weight is 369 g/mol. The Labute approximate surface area is 152 Å². The molecule has 0 radical (unpaired) electrons. The topological polar surface area (TPSA) is 184 Å². The third-order valence-corrected chi connectivity index (χ3v) is 4.79. The van der Waals surface area contributed by atoms with Gasteiger partial charge in [-0.25, -0.2) is 0 Å². The van der Waals surface area contributed by atoms with Crippen molar-refractivity contribution in [1.29, 1.82) is 0 Å². The zero-order valence-corrected chi connectivity index (χ0v) is 14.2. The number of azide groups is 3. The van der Waals surface area contributed by atoms with Crippen molar-refractivity contribution in [2.75, 3.05) is 19.8 Å². The number of benzene rings is 1. The summed E-state index contributed by atoms with van der Waals surface area (Å²) in [6.07, 6.45) is -0.455. The second kappa shape index (κ2) is 7.34. The van der Waals surface area contributed by atoms with E-state index in [1.165, 1.54) is 0 Å². The Morgan fingerprint density at radius 1 is 0.630 bits per heavy atom. The largest absolute Gasteiger partial charge is 0.368 e. The first-order chi connectivity index (χ1) is 13.3. The molecule has 3 fully saturated rings. The van der Waals surface area contributed by atoms with Crippen LogP contribution in [0.2, 0.25) is 0 Å². The van der Waals surface area contributed by atoms with E-state index >= 15 is 0 Å². The summed E-state index contributed by atoms with van der Waals surface area (Å²) < 4.78 is 16.6. The maximum atomic E-state index is 8.83. The van der Waals surface area contributed by atoms with E-state index in [0.29, 0.717) is 19.8 Å². The van der Waals surface area contributed by atoms with E-state index in [1.807, 2.05) is 0 Å². The summed E-state index contributed by atoms with van der Waals surface area (Å²) >= 11 is 0. The first-order valence-corrected chi connectivity index (χ1v) is 8.37. The molecule has 3 aliphatic rings. The van der Waals surface area contributed by atoms with Crippen molar-refractivity contribution >= 4 is 0 Å². The van der Waals surface area contributed by atoms with Crippen LogP contribution >= 0.6 is 0 Å². The fourth-order valence-corrected chi connectivity index (χ4v) is 3.61. The van der Waals surface area contributed by atoms with E-state index in [4.69, 9.17) is 30.8 Å². The maximum absolute atomic E-state index is 8.83. The van der Waals surface area contributed by atoms with Gasteiger partial charge >= 0.3 is 0 Å². The fourth-order valence-electron chi connectivity index (χ4n) is 3.61. The second-order valence-corrected chi connectivity index (χ2v) is 6.31. The summed E-state index contributed by atoms with van der Waals surface area (Å²) in [4.78, 5) is 8.64. The molecule has 27 heavy (non-hydrogen) atoms. The Bertz CT molecular complexity index is 777. The predicted molar refractivity (Wildman–Crippen MR) is 91.1 cm³/mol. The van der Waals surface area contributed by atoms with Gasteiger partial charge in [0.2, 0.25) is 0 Å². The van der Waals surface area contributed by atoms with Gasteiger partial charge in [0.15, 0.2) is 0 Å². The number of epoxide rings is 3. The van der Waals surface area contributed by atoms with Crippen molar-refractivity contribution in [3.8, 4) is 0 Å². The van der Waals surface area contributed by atoms with Crippen LogP contribution in [0.3, 0.4) is 0 Å². The van der Waals surface area contributed by atoms with E-state index < -0.39 is 0 Å². The standard InChI is InChI=1S/C15H15N9O3/c16-22-19-1-7-13(10-4-25-10)8(2-20-23-17)15(12-6-27-12)9(3-21-24-18)14(7)11-5-26-11/h10-12H,1-6H2. The zero-order valence-electron chi connectivity index (χ0n) is 14.2. The summed E-state index contributed by atoms with van der Waals surface area (Å²) in [6.45, 7) is 1.95. The van der Waals surface area contributed by atoms with Gasteiger partial charge in [0.05, 0.1) is 39.5 Å². The molecule has 1 aromatic carbocycles. The van der Waals surface area contributed by atoms with Gasteiger partial charge in [-0.15, -0.1) is 0 Å². The lowest BCUT2D eigenvalue weighted by atomic mass is 9.82. The van der Waals surface area contributed by atoms with E-state index in [1.54, 1.807) is 0 Å². The Kier molecular flexibility index (Phi) is 4.74. The van der Waals surface area contributed by atoms with Crippen LogP contribution in [-0.4, -0.2) is 19.8 Å². The molecule has 138 valence electrons. The Hall–Kier alpha value is -2.97. The highest BCUT2D eigenvalue weighted by Crippen LogP contribution is 2.49. The fraction of sp³-hybridized carbons (Fsp3) is 0.600. The van der Waals surface area contributed by atoms with Crippen LogP contribution in [0.1, 0.15) is 51.7 Å². The minimum atomic E-state index is -0.152. The quantitative estimate of drug-likeness (QED) is 0.272. The van der Waals surface area contributed by atoms with E-state index in [-0.39, 0.29) is 37.9 Å². The molecule has 0 amide bonds. The average Bonchev–Trinajstić information content (AvgIpc) is 3.52. The van der Waals surface area contributed by atoms with Crippen LogP contribution in [0.4, 0.5) is 0 Å². The first-order valence-electron chi connectivity index (χ1n) is 8.37. The number of nitrogens with zero attached hydrogens (tertiary/aromatic N) is 9. The SMILES string of the molecule is [N-]=[N+]=NCc1c(C2CO2)c(CN=[N+]=[N-])c(C2CO2)c(CN=[N+]=[N-])c1C1CO1. The third kappa shape index (κ3) is 3.49. The monoisotopic (exact) mass is 369 g/mol. The summed E-state index contributed by atoms with van der Waals surface area (Å²) in [6, 6.07) is 0. The Morgan fingerprint density at radius 2 is 0.889 bits per heavy atom. The molecule has 3 unspecified atom stereocenters. The molecule has 3 heterocycles. The van der Waals surface area contributed by atoms with Gasteiger partial charge in [-0.1, -0.05) is 15.3 Å². The maximum Gasteiger partial charge on any atom is 0.107 e. The highest BCUT2D eigenvalue weighted by atomic mass is 16.6. The molecule has 0 aliphatic carbocycles. The van der Waals surface area contributed by atoms with E-state index in [9.17, 15) is 0 Å². The van der Waals surface area contributed by atoms with E-state index in [0.717, 1.165) is 33.4 Å². The zero-order chi connectivity index (χ0) is 18.8. The van der Waals surface area contributed by atoms with Crippen molar-refractivity contribution in [3.05, 3.63) is 64.7 Å². The molecule has 12 heteroatoms. The molecule has 12 nitrogen and oxygen atoms in total. The predicted octanol–water partition coefficient (Wildman–Crippen LogP) is 4.33. The van der Waals surface area contributed by atoms with Crippen LogP contribution in [0.25, 0.3) is 31.3 Å². The van der Waals surface area contributed by atoms with Gasteiger partial charge in [0, 0.05) is 14.7 Å². The van der Waals surface area contributed by atoms with Crippen molar-refractivity contribution < 1.29 is 14.2 Å². The van der Waals surface area contributed by atoms with Crippen LogP contribution in [0.5, 0.6) is 0 Å². The van der Waals surface area contributed by atoms with Gasteiger partial charge in [-0.2, -0.15) is 0 Å². The lowest BCUT2D eigenvalue weighted by Crippen LogP contribution is -2.13. The van der Waals surface area contributed by atoms with Gasteiger partial charge in [-0.3, -0.25) is 0 Å². The van der Waals surface area contributed by atoms with Gasteiger partial charge in [-0.05, 0) is 50.0 Å². The number of rotatable bonds is 9. The van der Waals surface area contributed by atoms with Crippen molar-refractivity contribution in [1.82, 2.24) is 0 Å². The van der Waals surface area contributed by atoms with Gasteiger partial charge in [0.1, 0.15) is 18.3 Å². The van der Waals surface area contributed by atoms with Gasteiger partial charge < -0.3 is 14.2 Å². The minimum absolute atomic E-state index is 0.110. The molecule has 0 aromatic heterocycles.